The first-order valence-electron chi connectivity index (χ1n) is 7.28. The number of carboxylic acid groups (broad SMARTS) is 1. The van der Waals surface area contributed by atoms with Crippen molar-refractivity contribution >= 4 is 12.0 Å². The van der Waals surface area contributed by atoms with Crippen LogP contribution in [0.25, 0.3) is 0 Å². The highest BCUT2D eigenvalue weighted by atomic mass is 16.4. The highest BCUT2D eigenvalue weighted by Gasteiger charge is 2.30. The molecule has 1 aliphatic rings. The van der Waals surface area contributed by atoms with Gasteiger partial charge >= 0.3 is 12.0 Å². The second kappa shape index (κ2) is 7.47. The maximum Gasteiger partial charge on any atom is 0.337 e. The molecule has 0 aromatic rings. The van der Waals surface area contributed by atoms with Gasteiger partial charge in [0.05, 0.1) is 6.54 Å². The lowest BCUT2D eigenvalue weighted by atomic mass is 9.81. The highest BCUT2D eigenvalue weighted by molar-refractivity contribution is 5.79. The Morgan fingerprint density at radius 1 is 1.20 bits per heavy atom. The van der Waals surface area contributed by atoms with Crippen LogP contribution in [0.15, 0.2) is 0 Å². The van der Waals surface area contributed by atoms with Crippen molar-refractivity contribution in [1.82, 2.24) is 10.6 Å². The summed E-state index contributed by atoms with van der Waals surface area (Å²) < 4.78 is 0. The summed E-state index contributed by atoms with van der Waals surface area (Å²) in [6, 6.07) is -0.435. The number of carbonyl (C=O) groups is 2. The zero-order chi connectivity index (χ0) is 15.2. The average Bonchev–Trinajstić information content (AvgIpc) is 2.39. The zero-order valence-corrected chi connectivity index (χ0v) is 12.3. The van der Waals surface area contributed by atoms with Crippen LogP contribution in [0.4, 0.5) is 4.79 Å². The zero-order valence-electron chi connectivity index (χ0n) is 12.3. The topological polar surface area (TPSA) is 98.7 Å². The van der Waals surface area contributed by atoms with E-state index in [0.29, 0.717) is 12.5 Å². The Balaban J connectivity index is 2.13. The van der Waals surface area contributed by atoms with Crippen LogP contribution in [0, 0.1) is 11.8 Å². The number of hydrogen-bond donors (Lipinski definition) is 4. The first-order valence-corrected chi connectivity index (χ1v) is 7.28. The predicted molar refractivity (Wildman–Crippen MR) is 75.4 cm³/mol. The van der Waals surface area contributed by atoms with Gasteiger partial charge in [-0.05, 0) is 25.2 Å². The maximum absolute atomic E-state index is 11.5. The third kappa shape index (κ3) is 5.77. The van der Waals surface area contributed by atoms with Gasteiger partial charge in [0.15, 0.2) is 5.60 Å². The van der Waals surface area contributed by atoms with Crippen LogP contribution in [0.3, 0.4) is 0 Å². The third-order valence-corrected chi connectivity index (χ3v) is 4.03. The molecule has 2 amide bonds. The molecule has 4 N–H and O–H groups in total. The minimum Gasteiger partial charge on any atom is -0.479 e. The molecule has 1 fully saturated rings. The lowest BCUT2D eigenvalue weighted by molar-refractivity contribution is -0.155. The summed E-state index contributed by atoms with van der Waals surface area (Å²) in [5, 5.41) is 23.2. The highest BCUT2D eigenvalue weighted by Crippen LogP contribution is 2.29. The van der Waals surface area contributed by atoms with E-state index in [1.54, 1.807) is 0 Å². The van der Waals surface area contributed by atoms with E-state index in [0.717, 1.165) is 19.3 Å². The summed E-state index contributed by atoms with van der Waals surface area (Å²) in [5.74, 6) is 0.142. The van der Waals surface area contributed by atoms with E-state index >= 15 is 0 Å². The molecule has 116 valence electrons. The fraction of sp³-hybridized carbons (Fsp3) is 0.857. The minimum absolute atomic E-state index is 0.310. The Morgan fingerprint density at radius 2 is 1.80 bits per heavy atom. The van der Waals surface area contributed by atoms with Gasteiger partial charge in [-0.3, -0.25) is 0 Å². The first kappa shape index (κ1) is 16.8. The van der Waals surface area contributed by atoms with Crippen LogP contribution < -0.4 is 10.6 Å². The molecule has 0 aromatic heterocycles. The molecule has 1 unspecified atom stereocenters. The Labute approximate surface area is 119 Å². The fourth-order valence-electron chi connectivity index (χ4n) is 2.40. The number of carbonyl (C=O) groups excluding carboxylic acids is 1. The van der Waals surface area contributed by atoms with Crippen molar-refractivity contribution < 1.29 is 19.8 Å². The molecule has 0 radical (unpaired) electrons. The van der Waals surface area contributed by atoms with Crippen molar-refractivity contribution in [2.75, 3.05) is 13.1 Å². The quantitative estimate of drug-likeness (QED) is 0.592. The van der Waals surface area contributed by atoms with E-state index in [1.807, 2.05) is 0 Å². The second-order valence-electron chi connectivity index (χ2n) is 6.10. The number of amides is 2. The normalized spacial score (nSPS) is 25.6. The number of carboxylic acids is 1. The molecular formula is C14H26N2O4. The van der Waals surface area contributed by atoms with Crippen molar-refractivity contribution in [1.29, 1.82) is 0 Å². The monoisotopic (exact) mass is 286 g/mol. The number of aliphatic carboxylic acids is 1. The van der Waals surface area contributed by atoms with E-state index in [2.05, 4.69) is 17.6 Å². The molecule has 1 aliphatic carbocycles. The van der Waals surface area contributed by atoms with Crippen LogP contribution in [0.1, 0.15) is 46.0 Å². The van der Waals surface area contributed by atoms with E-state index in [1.165, 1.54) is 25.7 Å². The van der Waals surface area contributed by atoms with Gasteiger partial charge < -0.3 is 20.8 Å². The second-order valence-corrected chi connectivity index (χ2v) is 6.10. The summed E-state index contributed by atoms with van der Waals surface area (Å²) in [6.45, 7) is 3.70. The van der Waals surface area contributed by atoms with E-state index in [-0.39, 0.29) is 6.54 Å². The van der Waals surface area contributed by atoms with Crippen molar-refractivity contribution in [3.8, 4) is 0 Å². The summed E-state index contributed by atoms with van der Waals surface area (Å²) >= 11 is 0. The van der Waals surface area contributed by atoms with Crippen molar-refractivity contribution in [3.63, 3.8) is 0 Å². The Morgan fingerprint density at radius 3 is 2.35 bits per heavy atom. The summed E-state index contributed by atoms with van der Waals surface area (Å²) in [7, 11) is 0. The Kier molecular flexibility index (Phi) is 6.26. The molecule has 0 aromatic carbocycles. The summed E-state index contributed by atoms with van der Waals surface area (Å²) in [5.41, 5.74) is -1.93. The molecular weight excluding hydrogens is 260 g/mol. The van der Waals surface area contributed by atoms with Gasteiger partial charge in [0, 0.05) is 6.54 Å². The Bertz CT molecular complexity index is 336. The van der Waals surface area contributed by atoms with Crippen LogP contribution in [-0.2, 0) is 4.79 Å². The van der Waals surface area contributed by atoms with Gasteiger partial charge in [0.1, 0.15) is 0 Å². The number of nitrogens with one attached hydrogen (secondary N) is 2. The number of rotatable bonds is 6. The van der Waals surface area contributed by atoms with E-state index in [9.17, 15) is 14.7 Å². The van der Waals surface area contributed by atoms with Gasteiger partial charge in [0.25, 0.3) is 0 Å². The van der Waals surface area contributed by atoms with Crippen LogP contribution in [0.2, 0.25) is 0 Å². The lowest BCUT2D eigenvalue weighted by Gasteiger charge is -2.26. The predicted octanol–water partition coefficient (Wildman–Crippen LogP) is 1.34. The molecule has 6 heteroatoms. The maximum atomic E-state index is 11.5. The van der Waals surface area contributed by atoms with Gasteiger partial charge in [-0.15, -0.1) is 0 Å². The summed E-state index contributed by atoms with van der Waals surface area (Å²) in [4.78, 5) is 22.1. The van der Waals surface area contributed by atoms with E-state index in [4.69, 9.17) is 5.11 Å². The standard InChI is InChI=1S/C14H26N2O4/c1-10-3-5-11(6-4-10)7-8-15-13(19)16-9-14(2,20)12(17)18/h10-11,20H,3-9H2,1-2H3,(H,17,18)(H2,15,16,19). The van der Waals surface area contributed by atoms with E-state index < -0.39 is 17.6 Å². The number of hydrogen-bond acceptors (Lipinski definition) is 3. The fourth-order valence-corrected chi connectivity index (χ4v) is 2.40. The number of urea groups is 1. The van der Waals surface area contributed by atoms with Crippen LogP contribution in [-0.4, -0.2) is 40.9 Å². The molecule has 0 aliphatic heterocycles. The van der Waals surface area contributed by atoms with Crippen LogP contribution in [0.5, 0.6) is 0 Å². The molecule has 1 atom stereocenters. The average molecular weight is 286 g/mol. The van der Waals surface area contributed by atoms with Gasteiger partial charge in [-0.25, -0.2) is 9.59 Å². The van der Waals surface area contributed by atoms with Crippen molar-refractivity contribution in [2.24, 2.45) is 11.8 Å². The molecule has 20 heavy (non-hydrogen) atoms. The van der Waals surface area contributed by atoms with Crippen molar-refractivity contribution in [2.45, 2.75) is 51.6 Å². The molecule has 1 rings (SSSR count). The lowest BCUT2D eigenvalue weighted by Crippen LogP contribution is -2.49. The summed E-state index contributed by atoms with van der Waals surface area (Å²) in [6.07, 6.45) is 5.92. The SMILES string of the molecule is CC1CCC(CCNC(=O)NCC(C)(O)C(=O)O)CC1. The molecule has 6 nitrogen and oxygen atoms in total. The molecule has 0 spiro atoms. The largest absolute Gasteiger partial charge is 0.479 e. The molecule has 0 heterocycles. The minimum atomic E-state index is -1.93. The van der Waals surface area contributed by atoms with Crippen molar-refractivity contribution in [3.05, 3.63) is 0 Å². The molecule has 0 bridgehead atoms. The number of aliphatic hydroxyl groups is 1. The third-order valence-electron chi connectivity index (χ3n) is 4.03. The molecule has 1 saturated carbocycles. The van der Waals surface area contributed by atoms with Gasteiger partial charge in [-0.1, -0.05) is 32.6 Å². The Hall–Kier alpha value is -1.30. The van der Waals surface area contributed by atoms with Crippen LogP contribution >= 0.6 is 0 Å². The molecule has 0 saturated heterocycles. The smallest absolute Gasteiger partial charge is 0.337 e. The van der Waals surface area contributed by atoms with Gasteiger partial charge in [0.2, 0.25) is 0 Å². The van der Waals surface area contributed by atoms with Gasteiger partial charge in [-0.2, -0.15) is 0 Å². The first-order chi connectivity index (χ1) is 9.31.